The molecule has 0 fully saturated rings. The average molecular weight is 300 g/mol. The maximum atomic E-state index is 12.1. The summed E-state index contributed by atoms with van der Waals surface area (Å²) in [4.78, 5) is 14.4. The summed E-state index contributed by atoms with van der Waals surface area (Å²) in [6.07, 6.45) is 1.75. The van der Waals surface area contributed by atoms with E-state index >= 15 is 0 Å². The predicted molar refractivity (Wildman–Crippen MR) is 82.4 cm³/mol. The van der Waals surface area contributed by atoms with E-state index in [1.54, 1.807) is 20.4 Å². The van der Waals surface area contributed by atoms with Crippen LogP contribution in [0, 0.1) is 0 Å². The van der Waals surface area contributed by atoms with Crippen molar-refractivity contribution < 1.29 is 9.53 Å². The molecule has 1 aromatic heterocycles. The molecule has 0 saturated carbocycles. The zero-order chi connectivity index (χ0) is 15.5. The molecule has 0 bridgehead atoms. The molecule has 0 saturated heterocycles. The van der Waals surface area contributed by atoms with Crippen LogP contribution in [0.3, 0.4) is 0 Å². The molecule has 0 aliphatic carbocycles. The Morgan fingerprint density at radius 2 is 2.23 bits per heavy atom. The minimum atomic E-state index is -0.293. The lowest BCUT2D eigenvalue weighted by molar-refractivity contribution is -0.125. The van der Waals surface area contributed by atoms with Crippen molar-refractivity contribution in [3.63, 3.8) is 0 Å². The lowest BCUT2D eigenvalue weighted by Gasteiger charge is -2.33. The first kappa shape index (κ1) is 14.6. The number of fused-ring (bicyclic) bond motifs is 1. The minimum Gasteiger partial charge on any atom is -0.496 e. The Balaban J connectivity index is 1.83. The molecule has 0 radical (unpaired) electrons. The van der Waals surface area contributed by atoms with Crippen molar-refractivity contribution in [2.75, 3.05) is 20.7 Å². The van der Waals surface area contributed by atoms with Crippen LogP contribution in [0.4, 0.5) is 0 Å². The first-order valence-corrected chi connectivity index (χ1v) is 7.31. The van der Waals surface area contributed by atoms with E-state index in [-0.39, 0.29) is 11.9 Å². The number of ether oxygens (including phenoxy) is 1. The second kappa shape index (κ2) is 6.19. The van der Waals surface area contributed by atoms with Gasteiger partial charge >= 0.3 is 0 Å². The Bertz CT molecular complexity index is 668. The van der Waals surface area contributed by atoms with Gasteiger partial charge in [0, 0.05) is 38.4 Å². The summed E-state index contributed by atoms with van der Waals surface area (Å²) in [5, 5.41) is 7.01. The van der Waals surface area contributed by atoms with Crippen molar-refractivity contribution in [2.24, 2.45) is 0 Å². The van der Waals surface area contributed by atoms with Crippen LogP contribution in [0.1, 0.15) is 17.3 Å². The van der Waals surface area contributed by atoms with Crippen molar-refractivity contribution in [1.82, 2.24) is 20.0 Å². The standard InChI is InChI=1S/C16H20N4O2/c1-17-16(21)14-11-19(10-13-7-8-18-20(13)14)9-12-5-3-4-6-15(12)22-2/h3-8,14H,9-11H2,1-2H3,(H,17,21)/t14-/m1/s1. The summed E-state index contributed by atoms with van der Waals surface area (Å²) >= 11 is 0. The third kappa shape index (κ3) is 2.69. The van der Waals surface area contributed by atoms with Gasteiger partial charge in [-0.1, -0.05) is 18.2 Å². The number of para-hydroxylation sites is 1. The molecule has 116 valence electrons. The number of aromatic nitrogens is 2. The van der Waals surface area contributed by atoms with Crippen LogP contribution in [0.5, 0.6) is 5.75 Å². The van der Waals surface area contributed by atoms with Crippen molar-refractivity contribution in [1.29, 1.82) is 0 Å². The number of methoxy groups -OCH3 is 1. The van der Waals surface area contributed by atoms with E-state index < -0.39 is 0 Å². The molecule has 1 N–H and O–H groups in total. The smallest absolute Gasteiger partial charge is 0.245 e. The fraction of sp³-hybridized carbons (Fsp3) is 0.375. The van der Waals surface area contributed by atoms with E-state index in [1.165, 1.54) is 0 Å². The summed E-state index contributed by atoms with van der Waals surface area (Å²) in [6.45, 7) is 2.14. The molecule has 1 amide bonds. The Morgan fingerprint density at radius 3 is 3.00 bits per heavy atom. The van der Waals surface area contributed by atoms with Crippen molar-refractivity contribution in [3.05, 3.63) is 47.8 Å². The molecule has 0 unspecified atom stereocenters. The predicted octanol–water partition coefficient (Wildman–Crippen LogP) is 1.19. The number of carbonyl (C=O) groups is 1. The third-order valence-electron chi connectivity index (χ3n) is 4.00. The average Bonchev–Trinajstić information content (AvgIpc) is 3.02. The van der Waals surface area contributed by atoms with Gasteiger partial charge in [-0.25, -0.2) is 0 Å². The van der Waals surface area contributed by atoms with Gasteiger partial charge in [0.2, 0.25) is 5.91 Å². The minimum absolute atomic E-state index is 0.0188. The topological polar surface area (TPSA) is 59.4 Å². The Hall–Kier alpha value is -2.34. The van der Waals surface area contributed by atoms with E-state index in [9.17, 15) is 4.79 Å². The normalized spacial score (nSPS) is 17.8. The summed E-state index contributed by atoms with van der Waals surface area (Å²) < 4.78 is 7.23. The van der Waals surface area contributed by atoms with Gasteiger partial charge in [-0.3, -0.25) is 14.4 Å². The molecule has 3 rings (SSSR count). The molecule has 1 aliphatic heterocycles. The Morgan fingerprint density at radius 1 is 1.41 bits per heavy atom. The number of nitrogens with zero attached hydrogens (tertiary/aromatic N) is 3. The third-order valence-corrected chi connectivity index (χ3v) is 4.00. The second-order valence-electron chi connectivity index (χ2n) is 5.38. The molecular weight excluding hydrogens is 280 g/mol. The number of hydrogen-bond acceptors (Lipinski definition) is 4. The van der Waals surface area contributed by atoms with Gasteiger partial charge in [0.05, 0.1) is 12.8 Å². The molecule has 22 heavy (non-hydrogen) atoms. The summed E-state index contributed by atoms with van der Waals surface area (Å²) in [5.41, 5.74) is 2.17. The number of amides is 1. The van der Waals surface area contributed by atoms with E-state index in [0.717, 1.165) is 30.1 Å². The summed E-state index contributed by atoms with van der Waals surface area (Å²) in [7, 11) is 3.34. The second-order valence-corrected chi connectivity index (χ2v) is 5.38. The SMILES string of the molecule is CNC(=O)[C@H]1CN(Cc2ccccc2OC)Cc2ccnn21. The van der Waals surface area contributed by atoms with Crippen molar-refractivity contribution >= 4 is 5.91 Å². The first-order chi connectivity index (χ1) is 10.7. The lowest BCUT2D eigenvalue weighted by Crippen LogP contribution is -2.44. The number of rotatable bonds is 4. The highest BCUT2D eigenvalue weighted by molar-refractivity contribution is 5.80. The van der Waals surface area contributed by atoms with Crippen LogP contribution in [-0.2, 0) is 17.9 Å². The quantitative estimate of drug-likeness (QED) is 0.921. The van der Waals surface area contributed by atoms with Crippen molar-refractivity contribution in [2.45, 2.75) is 19.1 Å². The lowest BCUT2D eigenvalue weighted by atomic mass is 10.1. The number of carbonyl (C=O) groups excluding carboxylic acids is 1. The highest BCUT2D eigenvalue weighted by Crippen LogP contribution is 2.25. The zero-order valence-corrected chi connectivity index (χ0v) is 12.8. The molecule has 1 aromatic carbocycles. The van der Waals surface area contributed by atoms with Gasteiger partial charge in [-0.05, 0) is 12.1 Å². The molecule has 2 aromatic rings. The molecule has 1 aliphatic rings. The number of nitrogens with one attached hydrogen (secondary N) is 1. The summed E-state index contributed by atoms with van der Waals surface area (Å²) in [5.74, 6) is 0.854. The molecule has 2 heterocycles. The van der Waals surface area contributed by atoms with E-state index in [4.69, 9.17) is 4.74 Å². The monoisotopic (exact) mass is 300 g/mol. The van der Waals surface area contributed by atoms with Crippen LogP contribution in [-0.4, -0.2) is 41.3 Å². The van der Waals surface area contributed by atoms with Crippen molar-refractivity contribution in [3.8, 4) is 5.75 Å². The molecule has 0 spiro atoms. The van der Waals surface area contributed by atoms with E-state index in [0.29, 0.717) is 6.54 Å². The maximum Gasteiger partial charge on any atom is 0.245 e. The molecule has 6 heteroatoms. The highest BCUT2D eigenvalue weighted by Gasteiger charge is 2.30. The largest absolute Gasteiger partial charge is 0.496 e. The highest BCUT2D eigenvalue weighted by atomic mass is 16.5. The van der Waals surface area contributed by atoms with E-state index in [1.807, 2.05) is 28.9 Å². The fourth-order valence-corrected chi connectivity index (χ4v) is 2.92. The van der Waals surface area contributed by atoms with Gasteiger partial charge in [-0.15, -0.1) is 0 Å². The Kier molecular flexibility index (Phi) is 4.11. The van der Waals surface area contributed by atoms with Gasteiger partial charge in [0.25, 0.3) is 0 Å². The van der Waals surface area contributed by atoms with Gasteiger partial charge < -0.3 is 10.1 Å². The summed E-state index contributed by atoms with van der Waals surface area (Å²) in [6, 6.07) is 9.64. The van der Waals surface area contributed by atoms with Crippen LogP contribution in [0.2, 0.25) is 0 Å². The van der Waals surface area contributed by atoms with E-state index in [2.05, 4.69) is 21.4 Å². The van der Waals surface area contributed by atoms with Crippen LogP contribution in [0.25, 0.3) is 0 Å². The fourth-order valence-electron chi connectivity index (χ4n) is 2.92. The van der Waals surface area contributed by atoms with Gasteiger partial charge in [0.15, 0.2) is 0 Å². The van der Waals surface area contributed by atoms with Crippen LogP contribution in [0.15, 0.2) is 36.5 Å². The van der Waals surface area contributed by atoms with Gasteiger partial charge in [0.1, 0.15) is 11.8 Å². The first-order valence-electron chi connectivity index (χ1n) is 7.31. The maximum absolute atomic E-state index is 12.1. The molecule has 6 nitrogen and oxygen atoms in total. The molecular formula is C16H20N4O2. The number of hydrogen-bond donors (Lipinski definition) is 1. The zero-order valence-electron chi connectivity index (χ0n) is 12.8. The Labute approximate surface area is 129 Å². The molecule has 1 atom stereocenters. The van der Waals surface area contributed by atoms with Crippen LogP contribution >= 0.6 is 0 Å². The number of benzene rings is 1. The van der Waals surface area contributed by atoms with Gasteiger partial charge in [-0.2, -0.15) is 5.10 Å². The van der Waals surface area contributed by atoms with Crippen LogP contribution < -0.4 is 10.1 Å². The number of likely N-dealkylation sites (N-methyl/N-ethyl adjacent to an activating group) is 1.